The van der Waals surface area contributed by atoms with Gasteiger partial charge in [0, 0.05) is 29.1 Å². The number of carbonyl (C=O) groups excluding carboxylic acids is 1. The first kappa shape index (κ1) is 21.9. The zero-order valence-corrected chi connectivity index (χ0v) is 18.6. The molecule has 8 nitrogen and oxygen atoms in total. The molecule has 0 bridgehead atoms. The summed E-state index contributed by atoms with van der Waals surface area (Å²) in [6, 6.07) is 16.7. The van der Waals surface area contributed by atoms with E-state index in [0.717, 1.165) is 22.4 Å². The highest BCUT2D eigenvalue weighted by Crippen LogP contribution is 2.39. The fourth-order valence-electron chi connectivity index (χ4n) is 3.38. The predicted octanol–water partition coefficient (Wildman–Crippen LogP) is 4.63. The molecule has 0 radical (unpaired) electrons. The Kier molecular flexibility index (Phi) is 6.54. The summed E-state index contributed by atoms with van der Waals surface area (Å²) in [5.41, 5.74) is 3.91. The number of hydrogen-bond acceptors (Lipinski definition) is 6. The average Bonchev–Trinajstić information content (AvgIpc) is 3.23. The Hall–Kier alpha value is -4.33. The summed E-state index contributed by atoms with van der Waals surface area (Å²) in [6.45, 7) is 2.22. The number of nitrogens with zero attached hydrogens (tertiary/aromatic N) is 2. The molecule has 4 aromatic rings. The first-order valence-electron chi connectivity index (χ1n) is 10.3. The lowest BCUT2D eigenvalue weighted by molar-refractivity contribution is 0.102. The molecule has 0 atom stereocenters. The molecule has 0 unspecified atom stereocenters. The third kappa shape index (κ3) is 4.79. The van der Waals surface area contributed by atoms with E-state index in [4.69, 9.17) is 14.2 Å². The summed E-state index contributed by atoms with van der Waals surface area (Å²) in [6.07, 6.45) is 3.40. The molecule has 8 heteroatoms. The summed E-state index contributed by atoms with van der Waals surface area (Å²) in [7, 11) is 3.04. The molecule has 2 heterocycles. The van der Waals surface area contributed by atoms with E-state index in [1.54, 1.807) is 24.5 Å². The minimum atomic E-state index is -0.350. The van der Waals surface area contributed by atoms with Crippen LogP contribution in [0.2, 0.25) is 0 Å². The molecule has 0 aliphatic rings. The third-order valence-corrected chi connectivity index (χ3v) is 5.16. The molecule has 1 amide bonds. The van der Waals surface area contributed by atoms with E-state index in [-0.39, 0.29) is 5.91 Å². The topological polar surface area (TPSA) is 98.4 Å². The van der Waals surface area contributed by atoms with Crippen molar-refractivity contribution in [2.75, 3.05) is 19.5 Å². The van der Waals surface area contributed by atoms with Gasteiger partial charge in [0.2, 0.25) is 5.75 Å². The fraction of sp³-hybridized carbons (Fsp3) is 0.160. The van der Waals surface area contributed by atoms with Gasteiger partial charge >= 0.3 is 0 Å². The molecule has 0 spiro atoms. The van der Waals surface area contributed by atoms with Crippen LogP contribution in [0.5, 0.6) is 17.2 Å². The largest absolute Gasteiger partial charge is 0.493 e. The lowest BCUT2D eigenvalue weighted by Crippen LogP contribution is -2.14. The second-order valence-corrected chi connectivity index (χ2v) is 7.25. The number of methoxy groups -OCH3 is 2. The molecule has 0 saturated heterocycles. The molecule has 168 valence electrons. The first-order chi connectivity index (χ1) is 16.1. The standard InChI is InChI=1S/C25H24N4O4/c1-16-22(18-9-11-26-12-10-18)28-29-24(16)27-25(30)19-13-20(31-2)23(21(14-19)32-3)33-15-17-7-5-4-6-8-17/h4-14H,15H2,1-3H3,(H2,27,28,29,30). The van der Waals surface area contributed by atoms with Crippen LogP contribution in [0.15, 0.2) is 67.0 Å². The highest BCUT2D eigenvalue weighted by molar-refractivity contribution is 6.05. The van der Waals surface area contributed by atoms with E-state index in [0.29, 0.717) is 35.2 Å². The Morgan fingerprint density at radius 2 is 1.67 bits per heavy atom. The monoisotopic (exact) mass is 444 g/mol. The highest BCUT2D eigenvalue weighted by Gasteiger charge is 2.20. The fourth-order valence-corrected chi connectivity index (χ4v) is 3.38. The molecule has 0 fully saturated rings. The van der Waals surface area contributed by atoms with Crippen LogP contribution in [0.25, 0.3) is 11.3 Å². The summed E-state index contributed by atoms with van der Waals surface area (Å²) < 4.78 is 16.9. The summed E-state index contributed by atoms with van der Waals surface area (Å²) >= 11 is 0. The van der Waals surface area contributed by atoms with E-state index in [1.807, 2.05) is 49.4 Å². The van der Waals surface area contributed by atoms with Gasteiger partial charge in [0.15, 0.2) is 17.3 Å². The molecule has 33 heavy (non-hydrogen) atoms. The molecular weight excluding hydrogens is 420 g/mol. The normalized spacial score (nSPS) is 10.5. The van der Waals surface area contributed by atoms with Gasteiger partial charge in [0.1, 0.15) is 6.61 Å². The van der Waals surface area contributed by atoms with E-state index in [9.17, 15) is 4.79 Å². The van der Waals surface area contributed by atoms with Crippen LogP contribution in [-0.4, -0.2) is 35.3 Å². The van der Waals surface area contributed by atoms with Crippen LogP contribution in [-0.2, 0) is 6.61 Å². The second kappa shape index (κ2) is 9.86. The highest BCUT2D eigenvalue weighted by atomic mass is 16.5. The van der Waals surface area contributed by atoms with Crippen molar-refractivity contribution in [2.24, 2.45) is 0 Å². The van der Waals surface area contributed by atoms with Crippen LogP contribution in [0.3, 0.4) is 0 Å². The van der Waals surface area contributed by atoms with Crippen molar-refractivity contribution >= 4 is 11.7 Å². The molecule has 0 aliphatic carbocycles. The Labute approximate surface area is 191 Å². The molecule has 2 aromatic carbocycles. The van der Waals surface area contributed by atoms with Crippen LogP contribution in [0, 0.1) is 6.92 Å². The van der Waals surface area contributed by atoms with Gasteiger partial charge in [-0.3, -0.25) is 14.9 Å². The van der Waals surface area contributed by atoms with Gasteiger partial charge < -0.3 is 19.5 Å². The molecule has 2 aromatic heterocycles. The molecule has 4 rings (SSSR count). The number of amides is 1. The maximum atomic E-state index is 13.0. The van der Waals surface area contributed by atoms with Crippen molar-refractivity contribution in [2.45, 2.75) is 13.5 Å². The van der Waals surface area contributed by atoms with Crippen LogP contribution >= 0.6 is 0 Å². The Bertz CT molecular complexity index is 1220. The number of ether oxygens (including phenoxy) is 3. The van der Waals surface area contributed by atoms with Crippen LogP contribution in [0.1, 0.15) is 21.5 Å². The lowest BCUT2D eigenvalue weighted by atomic mass is 10.1. The average molecular weight is 444 g/mol. The summed E-state index contributed by atoms with van der Waals surface area (Å²) in [5, 5.41) is 10.1. The minimum absolute atomic E-state index is 0.337. The van der Waals surface area contributed by atoms with Crippen molar-refractivity contribution in [3.8, 4) is 28.5 Å². The smallest absolute Gasteiger partial charge is 0.257 e. The Morgan fingerprint density at radius 1 is 1.00 bits per heavy atom. The van der Waals surface area contributed by atoms with Crippen molar-refractivity contribution < 1.29 is 19.0 Å². The van der Waals surface area contributed by atoms with Crippen LogP contribution in [0.4, 0.5) is 5.82 Å². The quantitative estimate of drug-likeness (QED) is 0.411. The summed E-state index contributed by atoms with van der Waals surface area (Å²) in [4.78, 5) is 17.0. The first-order valence-corrected chi connectivity index (χ1v) is 10.3. The second-order valence-electron chi connectivity index (χ2n) is 7.25. The number of H-pyrrole nitrogens is 1. The maximum Gasteiger partial charge on any atom is 0.257 e. The molecule has 0 aliphatic heterocycles. The summed E-state index contributed by atoms with van der Waals surface area (Å²) in [5.74, 6) is 1.31. The van der Waals surface area contributed by atoms with Crippen molar-refractivity contribution in [1.29, 1.82) is 0 Å². The van der Waals surface area contributed by atoms with Crippen molar-refractivity contribution in [1.82, 2.24) is 15.2 Å². The number of nitrogens with one attached hydrogen (secondary N) is 2. The van der Waals surface area contributed by atoms with Gasteiger partial charge in [0.25, 0.3) is 5.91 Å². The lowest BCUT2D eigenvalue weighted by Gasteiger charge is -2.16. The van der Waals surface area contributed by atoms with Gasteiger partial charge in [-0.2, -0.15) is 5.10 Å². The third-order valence-electron chi connectivity index (χ3n) is 5.16. The van der Waals surface area contributed by atoms with Crippen molar-refractivity contribution in [3.05, 3.63) is 83.7 Å². The van der Waals surface area contributed by atoms with Gasteiger partial charge in [-0.1, -0.05) is 30.3 Å². The zero-order chi connectivity index (χ0) is 23.2. The number of anilines is 1. The number of rotatable bonds is 8. The van der Waals surface area contributed by atoms with E-state index < -0.39 is 0 Å². The van der Waals surface area contributed by atoms with E-state index in [2.05, 4.69) is 20.5 Å². The molecule has 2 N–H and O–H groups in total. The maximum absolute atomic E-state index is 13.0. The SMILES string of the molecule is COc1cc(C(=O)Nc2n[nH]c(-c3ccncc3)c2C)cc(OC)c1OCc1ccccc1. The number of aromatic amines is 1. The number of pyridine rings is 1. The van der Waals surface area contributed by atoms with E-state index in [1.165, 1.54) is 14.2 Å². The van der Waals surface area contributed by atoms with Gasteiger partial charge in [-0.15, -0.1) is 0 Å². The number of carbonyl (C=O) groups is 1. The predicted molar refractivity (Wildman–Crippen MR) is 125 cm³/mol. The minimum Gasteiger partial charge on any atom is -0.493 e. The van der Waals surface area contributed by atoms with Crippen LogP contribution < -0.4 is 19.5 Å². The number of benzene rings is 2. The zero-order valence-electron chi connectivity index (χ0n) is 18.6. The molecule has 0 saturated carbocycles. The van der Waals surface area contributed by atoms with Gasteiger partial charge in [-0.25, -0.2) is 0 Å². The Morgan fingerprint density at radius 3 is 2.30 bits per heavy atom. The molecular formula is C25H24N4O4. The van der Waals surface area contributed by atoms with Crippen molar-refractivity contribution in [3.63, 3.8) is 0 Å². The van der Waals surface area contributed by atoms with Gasteiger partial charge in [-0.05, 0) is 36.8 Å². The Balaban J connectivity index is 1.56. The number of aromatic nitrogens is 3. The van der Waals surface area contributed by atoms with E-state index >= 15 is 0 Å². The number of hydrogen-bond donors (Lipinski definition) is 2. The van der Waals surface area contributed by atoms with Gasteiger partial charge in [0.05, 0.1) is 19.9 Å².